The number of carbonyl (C=O) groups is 2. The number of hydrogen-bond acceptors (Lipinski definition) is 3. The fraction of sp³-hybridized carbons (Fsp3) is 0.391. The Kier molecular flexibility index (Phi) is 6.02. The molecule has 2 amide bonds. The van der Waals surface area contributed by atoms with Crippen molar-refractivity contribution in [1.82, 2.24) is 5.32 Å². The smallest absolute Gasteiger partial charge is 0.319 e. The van der Waals surface area contributed by atoms with Crippen molar-refractivity contribution in [2.75, 3.05) is 5.32 Å². The molecule has 3 rings (SSSR count). The van der Waals surface area contributed by atoms with E-state index in [4.69, 9.17) is 4.74 Å². The average molecular weight is 380 g/mol. The summed E-state index contributed by atoms with van der Waals surface area (Å²) >= 11 is 0. The Morgan fingerprint density at radius 2 is 1.79 bits per heavy atom. The van der Waals surface area contributed by atoms with Crippen LogP contribution in [-0.4, -0.2) is 18.0 Å². The normalized spacial score (nSPS) is 21.2. The second-order valence-electron chi connectivity index (χ2n) is 7.90. The number of nitrogens with one attached hydrogen (secondary N) is 2. The predicted octanol–water partition coefficient (Wildman–Crippen LogP) is 4.73. The minimum atomic E-state index is -0.714. The number of ether oxygens (including phenoxy) is 1. The summed E-state index contributed by atoms with van der Waals surface area (Å²) in [6, 6.07) is 15.0. The van der Waals surface area contributed by atoms with E-state index in [-0.39, 0.29) is 24.6 Å². The Labute approximate surface area is 166 Å². The van der Waals surface area contributed by atoms with Crippen molar-refractivity contribution >= 4 is 17.7 Å². The Morgan fingerprint density at radius 3 is 2.46 bits per heavy atom. The Balaban J connectivity index is 1.60. The number of carbonyl (C=O) groups excluding carboxylic acids is 2. The van der Waals surface area contributed by atoms with E-state index in [9.17, 15) is 9.59 Å². The zero-order valence-electron chi connectivity index (χ0n) is 16.7. The van der Waals surface area contributed by atoms with Crippen molar-refractivity contribution in [2.45, 2.75) is 52.7 Å². The lowest BCUT2D eigenvalue weighted by molar-refractivity contribution is -0.157. The fourth-order valence-electron chi connectivity index (χ4n) is 3.90. The molecule has 1 saturated carbocycles. The first-order valence-corrected chi connectivity index (χ1v) is 9.74. The van der Waals surface area contributed by atoms with E-state index < -0.39 is 5.41 Å². The van der Waals surface area contributed by atoms with Gasteiger partial charge in [0.05, 0.1) is 5.41 Å². The van der Waals surface area contributed by atoms with Gasteiger partial charge in [0.25, 0.3) is 0 Å². The maximum Gasteiger partial charge on any atom is 0.319 e. The summed E-state index contributed by atoms with van der Waals surface area (Å²) in [6.45, 7) is 6.12. The molecule has 1 aliphatic rings. The highest BCUT2D eigenvalue weighted by atomic mass is 16.5. The van der Waals surface area contributed by atoms with Gasteiger partial charge in [-0.2, -0.15) is 0 Å². The van der Waals surface area contributed by atoms with Gasteiger partial charge in [0.2, 0.25) is 0 Å². The minimum Gasteiger partial charge on any atom is -0.460 e. The maximum absolute atomic E-state index is 12.8. The van der Waals surface area contributed by atoms with E-state index in [1.807, 2.05) is 63.2 Å². The highest BCUT2D eigenvalue weighted by molar-refractivity contribution is 5.90. The van der Waals surface area contributed by atoms with Crippen LogP contribution in [0.1, 0.15) is 42.9 Å². The summed E-state index contributed by atoms with van der Waals surface area (Å²) in [5.74, 6) is -0.259. The van der Waals surface area contributed by atoms with Crippen LogP contribution in [0.25, 0.3) is 0 Å². The highest BCUT2D eigenvalue weighted by Gasteiger charge is 2.47. The van der Waals surface area contributed by atoms with Crippen molar-refractivity contribution < 1.29 is 14.3 Å². The molecule has 1 aliphatic carbocycles. The number of aryl methyl sites for hydroxylation is 2. The third-order valence-corrected chi connectivity index (χ3v) is 5.42. The van der Waals surface area contributed by atoms with Gasteiger partial charge in [-0.15, -0.1) is 0 Å². The third kappa shape index (κ3) is 4.71. The number of amides is 2. The molecule has 2 aromatic carbocycles. The lowest BCUT2D eigenvalue weighted by Crippen LogP contribution is -2.49. The molecule has 148 valence electrons. The second-order valence-corrected chi connectivity index (χ2v) is 7.90. The molecule has 0 unspecified atom stereocenters. The van der Waals surface area contributed by atoms with Crippen LogP contribution in [0, 0.1) is 19.3 Å². The molecular weight excluding hydrogens is 352 g/mol. The van der Waals surface area contributed by atoms with Gasteiger partial charge >= 0.3 is 12.0 Å². The first-order valence-electron chi connectivity index (χ1n) is 9.74. The number of rotatable bonds is 5. The van der Waals surface area contributed by atoms with Gasteiger partial charge in [-0.3, -0.25) is 4.79 Å². The van der Waals surface area contributed by atoms with Crippen molar-refractivity contribution in [3.8, 4) is 0 Å². The van der Waals surface area contributed by atoms with Crippen LogP contribution in [0.15, 0.2) is 48.5 Å². The molecule has 5 heteroatoms. The molecule has 0 saturated heterocycles. The largest absolute Gasteiger partial charge is 0.460 e. The van der Waals surface area contributed by atoms with Gasteiger partial charge < -0.3 is 15.4 Å². The van der Waals surface area contributed by atoms with Crippen molar-refractivity contribution in [3.05, 3.63) is 65.2 Å². The molecule has 5 nitrogen and oxygen atoms in total. The first kappa shape index (κ1) is 19.9. The summed E-state index contributed by atoms with van der Waals surface area (Å²) in [7, 11) is 0. The van der Waals surface area contributed by atoms with Crippen molar-refractivity contribution in [2.24, 2.45) is 5.41 Å². The first-order chi connectivity index (χ1) is 13.4. The van der Waals surface area contributed by atoms with Gasteiger partial charge in [-0.25, -0.2) is 4.79 Å². The summed E-state index contributed by atoms with van der Waals surface area (Å²) in [4.78, 5) is 25.3. The van der Waals surface area contributed by atoms with Crippen LogP contribution < -0.4 is 10.6 Å². The van der Waals surface area contributed by atoms with Crippen LogP contribution in [0.3, 0.4) is 0 Å². The maximum atomic E-state index is 12.8. The van der Waals surface area contributed by atoms with E-state index in [1.165, 1.54) is 0 Å². The molecule has 1 fully saturated rings. The monoisotopic (exact) mass is 380 g/mol. The third-order valence-electron chi connectivity index (χ3n) is 5.42. The summed E-state index contributed by atoms with van der Waals surface area (Å²) in [5.41, 5.74) is 3.17. The van der Waals surface area contributed by atoms with Crippen LogP contribution in [0.5, 0.6) is 0 Å². The number of anilines is 1. The molecule has 0 heterocycles. The Hall–Kier alpha value is -2.82. The molecule has 2 N–H and O–H groups in total. The zero-order chi connectivity index (χ0) is 20.1. The zero-order valence-corrected chi connectivity index (χ0v) is 16.7. The van der Waals surface area contributed by atoms with Gasteiger partial charge in [0.15, 0.2) is 0 Å². The van der Waals surface area contributed by atoms with Crippen molar-refractivity contribution in [1.29, 1.82) is 0 Å². The lowest BCUT2D eigenvalue weighted by atomic mass is 9.85. The number of benzene rings is 2. The predicted molar refractivity (Wildman–Crippen MR) is 110 cm³/mol. The second kappa shape index (κ2) is 8.46. The minimum absolute atomic E-state index is 0.247. The standard InChI is InChI=1S/C23H28N2O3/c1-16-12-17(2)14-19(13-16)24-22(27)25-20-10-7-11-23(20,3)21(26)28-15-18-8-5-4-6-9-18/h4-6,8-9,12-14,20H,7,10-11,15H2,1-3H3,(H2,24,25,27)/t20-,23-/m1/s1. The lowest BCUT2D eigenvalue weighted by Gasteiger charge is -2.30. The molecule has 2 atom stereocenters. The molecule has 0 radical (unpaired) electrons. The molecule has 0 spiro atoms. The summed E-state index contributed by atoms with van der Waals surface area (Å²) in [6.07, 6.45) is 2.35. The Morgan fingerprint density at radius 1 is 1.11 bits per heavy atom. The average Bonchev–Trinajstić information content (AvgIpc) is 3.01. The molecule has 0 aliphatic heterocycles. The van der Waals surface area contributed by atoms with E-state index in [2.05, 4.69) is 16.7 Å². The molecule has 0 bridgehead atoms. The quantitative estimate of drug-likeness (QED) is 0.737. The van der Waals surface area contributed by atoms with Crippen LogP contribution in [0.4, 0.5) is 10.5 Å². The molecule has 2 aromatic rings. The Bertz CT molecular complexity index is 830. The van der Waals surface area contributed by atoms with Crippen molar-refractivity contribution in [3.63, 3.8) is 0 Å². The molecule has 28 heavy (non-hydrogen) atoms. The van der Waals surface area contributed by atoms with Gasteiger partial charge in [-0.05, 0) is 62.4 Å². The van der Waals surface area contributed by atoms with E-state index in [0.29, 0.717) is 6.42 Å². The number of hydrogen-bond donors (Lipinski definition) is 2. The van der Waals surface area contributed by atoms with Crippen LogP contribution in [0.2, 0.25) is 0 Å². The molecule has 0 aromatic heterocycles. The number of esters is 1. The topological polar surface area (TPSA) is 67.4 Å². The van der Waals surface area contributed by atoms with Crippen LogP contribution >= 0.6 is 0 Å². The summed E-state index contributed by atoms with van der Waals surface area (Å²) in [5, 5.41) is 5.87. The van der Waals surface area contributed by atoms with E-state index in [0.717, 1.165) is 35.2 Å². The van der Waals surface area contributed by atoms with Crippen LogP contribution in [-0.2, 0) is 16.1 Å². The number of urea groups is 1. The van der Waals surface area contributed by atoms with Gasteiger partial charge in [0.1, 0.15) is 6.61 Å². The van der Waals surface area contributed by atoms with E-state index in [1.54, 1.807) is 0 Å². The molecular formula is C23H28N2O3. The van der Waals surface area contributed by atoms with Gasteiger partial charge in [-0.1, -0.05) is 42.8 Å². The SMILES string of the molecule is Cc1cc(C)cc(NC(=O)N[C@@H]2CCC[C@@]2(C)C(=O)OCc2ccccc2)c1. The highest BCUT2D eigenvalue weighted by Crippen LogP contribution is 2.39. The fourth-order valence-corrected chi connectivity index (χ4v) is 3.90. The summed E-state index contributed by atoms with van der Waals surface area (Å²) < 4.78 is 5.57. The van der Waals surface area contributed by atoms with Gasteiger partial charge in [0, 0.05) is 11.7 Å². The van der Waals surface area contributed by atoms with E-state index >= 15 is 0 Å².